The number of nitrogens with one attached hydrogen (secondary N) is 1. The number of rotatable bonds is 5. The quantitative estimate of drug-likeness (QED) is 0.300. The first-order valence-electron chi connectivity index (χ1n) is 4.37. The second kappa shape index (κ2) is 8.27. The fourth-order valence-electron chi connectivity index (χ4n) is 0.601. The van der Waals surface area contributed by atoms with Crippen LogP contribution in [0.3, 0.4) is 0 Å². The predicted octanol–water partition coefficient (Wildman–Crippen LogP) is -0.385. The molecule has 0 radical (unpaired) electrons. The Kier molecular flexibility index (Phi) is 7.21. The molecule has 0 rings (SSSR count). The van der Waals surface area contributed by atoms with Crippen molar-refractivity contribution in [1.29, 1.82) is 0 Å². The molecule has 0 aliphatic heterocycles. The van der Waals surface area contributed by atoms with Gasteiger partial charge >= 0.3 is 18.0 Å². The maximum absolute atomic E-state index is 10.9. The van der Waals surface area contributed by atoms with E-state index in [0.29, 0.717) is 0 Å². The summed E-state index contributed by atoms with van der Waals surface area (Å²) in [5, 5.41) is 2.22. The van der Waals surface area contributed by atoms with Crippen molar-refractivity contribution >= 4 is 18.0 Å². The summed E-state index contributed by atoms with van der Waals surface area (Å²) in [7, 11) is 2.60. The fraction of sp³-hybridized carbons (Fsp3) is 0.444. The van der Waals surface area contributed by atoms with Gasteiger partial charge in [0.25, 0.3) is 0 Å². The predicted molar refractivity (Wildman–Crippen MR) is 52.5 cm³/mol. The molecular weight excluding hydrogens is 218 g/mol. The normalized spacial score (nSPS) is 9.62. The first-order chi connectivity index (χ1) is 7.60. The van der Waals surface area contributed by atoms with Crippen LogP contribution in [0.4, 0.5) is 4.79 Å². The van der Waals surface area contributed by atoms with Crippen LogP contribution in [0.15, 0.2) is 12.2 Å². The van der Waals surface area contributed by atoms with Crippen molar-refractivity contribution in [3.8, 4) is 0 Å². The lowest BCUT2D eigenvalue weighted by atomic mass is 10.5. The van der Waals surface area contributed by atoms with E-state index in [1.807, 2.05) is 0 Å². The van der Waals surface area contributed by atoms with Crippen LogP contribution in [0.2, 0.25) is 0 Å². The largest absolute Gasteiger partial charge is 0.466 e. The van der Waals surface area contributed by atoms with Gasteiger partial charge in [-0.05, 0) is 0 Å². The molecule has 0 saturated heterocycles. The lowest BCUT2D eigenvalue weighted by molar-refractivity contribution is -0.140. The summed E-state index contributed by atoms with van der Waals surface area (Å²) in [6.07, 6.45) is 1.24. The molecule has 7 heteroatoms. The van der Waals surface area contributed by atoms with E-state index in [2.05, 4.69) is 19.5 Å². The van der Waals surface area contributed by atoms with Crippen LogP contribution in [0.5, 0.6) is 0 Å². The molecule has 16 heavy (non-hydrogen) atoms. The average molecular weight is 231 g/mol. The molecule has 0 fully saturated rings. The van der Waals surface area contributed by atoms with Gasteiger partial charge in [-0.3, -0.25) is 0 Å². The number of ether oxygens (including phenoxy) is 3. The van der Waals surface area contributed by atoms with Crippen LogP contribution in [0.1, 0.15) is 0 Å². The maximum Gasteiger partial charge on any atom is 0.406 e. The Morgan fingerprint density at radius 2 is 1.62 bits per heavy atom. The van der Waals surface area contributed by atoms with E-state index in [9.17, 15) is 14.4 Å². The van der Waals surface area contributed by atoms with Crippen LogP contribution < -0.4 is 5.32 Å². The van der Waals surface area contributed by atoms with E-state index in [0.717, 1.165) is 12.2 Å². The first-order valence-corrected chi connectivity index (χ1v) is 4.37. The number of amides is 1. The Balaban J connectivity index is 3.62. The van der Waals surface area contributed by atoms with Crippen LogP contribution in [-0.4, -0.2) is 45.4 Å². The van der Waals surface area contributed by atoms with Gasteiger partial charge in [0.1, 0.15) is 13.2 Å². The number of hydrogen-bond acceptors (Lipinski definition) is 6. The van der Waals surface area contributed by atoms with Crippen LogP contribution >= 0.6 is 0 Å². The molecule has 0 aromatic rings. The summed E-state index contributed by atoms with van der Waals surface area (Å²) in [5.41, 5.74) is 0. The zero-order valence-corrected chi connectivity index (χ0v) is 9.02. The van der Waals surface area contributed by atoms with E-state index in [1.165, 1.54) is 14.2 Å². The topological polar surface area (TPSA) is 90.9 Å². The van der Waals surface area contributed by atoms with Crippen molar-refractivity contribution in [3.05, 3.63) is 12.2 Å². The molecule has 0 aromatic carbocycles. The fourth-order valence-corrected chi connectivity index (χ4v) is 0.601. The zero-order valence-electron chi connectivity index (χ0n) is 9.02. The highest BCUT2D eigenvalue weighted by molar-refractivity contribution is 5.91. The molecule has 0 unspecified atom stereocenters. The van der Waals surface area contributed by atoms with Crippen molar-refractivity contribution in [1.82, 2.24) is 5.32 Å². The molecule has 0 atom stereocenters. The Hall–Kier alpha value is -2.05. The van der Waals surface area contributed by atoms with E-state index < -0.39 is 18.0 Å². The third-order valence-electron chi connectivity index (χ3n) is 1.32. The van der Waals surface area contributed by atoms with Crippen LogP contribution in [0, 0.1) is 0 Å². The number of hydrogen-bond donors (Lipinski definition) is 1. The summed E-state index contributed by atoms with van der Waals surface area (Å²) >= 11 is 0. The van der Waals surface area contributed by atoms with Crippen molar-refractivity contribution in [3.63, 3.8) is 0 Å². The van der Waals surface area contributed by atoms with Crippen molar-refractivity contribution in [2.75, 3.05) is 27.4 Å². The lowest BCUT2D eigenvalue weighted by Gasteiger charge is -2.03. The van der Waals surface area contributed by atoms with Crippen LogP contribution in [0.25, 0.3) is 0 Å². The van der Waals surface area contributed by atoms with E-state index >= 15 is 0 Å². The summed E-state index contributed by atoms with van der Waals surface area (Å²) in [5.74, 6) is -1.37. The number of alkyl carbamates (subject to hydrolysis) is 1. The smallest absolute Gasteiger partial charge is 0.406 e. The number of carbonyl (C=O) groups is 3. The van der Waals surface area contributed by atoms with E-state index in [1.54, 1.807) is 0 Å². The van der Waals surface area contributed by atoms with Gasteiger partial charge in [0.15, 0.2) is 0 Å². The Bertz CT molecular complexity index is 286. The SMILES string of the molecule is CNC(=O)OCCOC(=O)/C=C/C(=O)OC. The third-order valence-corrected chi connectivity index (χ3v) is 1.32. The molecule has 0 aliphatic rings. The summed E-state index contributed by atoms with van der Waals surface area (Å²) in [6.45, 7) is -0.144. The average Bonchev–Trinajstić information content (AvgIpc) is 2.31. The third kappa shape index (κ3) is 7.36. The van der Waals surface area contributed by atoms with Crippen molar-refractivity contribution in [2.45, 2.75) is 0 Å². The lowest BCUT2D eigenvalue weighted by Crippen LogP contribution is -2.21. The highest BCUT2D eigenvalue weighted by Crippen LogP contribution is 1.85. The first kappa shape index (κ1) is 13.9. The van der Waals surface area contributed by atoms with Gasteiger partial charge in [-0.2, -0.15) is 0 Å². The standard InChI is InChI=1S/C9H13NO6/c1-10-9(13)16-6-5-15-8(12)4-3-7(11)14-2/h3-4H,5-6H2,1-2H3,(H,10,13)/b4-3+. The van der Waals surface area contributed by atoms with Gasteiger partial charge in [0, 0.05) is 19.2 Å². The Morgan fingerprint density at radius 3 is 2.19 bits per heavy atom. The summed E-state index contributed by atoms with van der Waals surface area (Å²) in [4.78, 5) is 32.0. The second-order valence-electron chi connectivity index (χ2n) is 2.41. The van der Waals surface area contributed by atoms with Gasteiger partial charge < -0.3 is 19.5 Å². The minimum Gasteiger partial charge on any atom is -0.466 e. The number of methoxy groups -OCH3 is 1. The molecule has 0 spiro atoms. The molecule has 1 N–H and O–H groups in total. The molecule has 0 bridgehead atoms. The summed E-state index contributed by atoms with van der Waals surface area (Å²) < 4.78 is 13.4. The van der Waals surface area contributed by atoms with Gasteiger partial charge in [-0.15, -0.1) is 0 Å². The molecule has 0 aromatic heterocycles. The maximum atomic E-state index is 10.9. The number of carbonyl (C=O) groups excluding carboxylic acids is 3. The van der Waals surface area contributed by atoms with Crippen molar-refractivity contribution in [2.24, 2.45) is 0 Å². The van der Waals surface area contributed by atoms with Gasteiger partial charge in [-0.25, -0.2) is 14.4 Å². The Labute approximate surface area is 92.3 Å². The molecule has 0 saturated carbocycles. The highest BCUT2D eigenvalue weighted by Gasteiger charge is 2.01. The molecule has 1 amide bonds. The number of esters is 2. The molecule has 0 heterocycles. The van der Waals surface area contributed by atoms with E-state index in [4.69, 9.17) is 0 Å². The monoisotopic (exact) mass is 231 g/mol. The molecule has 0 aliphatic carbocycles. The molecular formula is C9H13NO6. The minimum atomic E-state index is -0.717. The molecule has 90 valence electrons. The van der Waals surface area contributed by atoms with E-state index in [-0.39, 0.29) is 13.2 Å². The van der Waals surface area contributed by atoms with Gasteiger partial charge in [0.05, 0.1) is 7.11 Å². The van der Waals surface area contributed by atoms with Crippen LogP contribution in [-0.2, 0) is 23.8 Å². The summed E-state index contributed by atoms with van der Waals surface area (Å²) in [6, 6.07) is 0. The van der Waals surface area contributed by atoms with Crippen molar-refractivity contribution < 1.29 is 28.6 Å². The molecule has 7 nitrogen and oxygen atoms in total. The van der Waals surface area contributed by atoms with Gasteiger partial charge in [0.2, 0.25) is 0 Å². The Morgan fingerprint density at radius 1 is 1.06 bits per heavy atom. The minimum absolute atomic E-state index is 0.0581. The zero-order chi connectivity index (χ0) is 12.4. The van der Waals surface area contributed by atoms with Gasteiger partial charge in [-0.1, -0.05) is 0 Å². The second-order valence-corrected chi connectivity index (χ2v) is 2.41. The highest BCUT2D eigenvalue weighted by atomic mass is 16.6.